The van der Waals surface area contributed by atoms with E-state index in [1.54, 1.807) is 21.1 Å². The van der Waals surface area contributed by atoms with Gasteiger partial charge in [0.25, 0.3) is 11.5 Å². The Balaban J connectivity index is 0.00000480. The number of carbonyl (C=O) groups is 4. The van der Waals surface area contributed by atoms with Crippen molar-refractivity contribution in [2.45, 2.75) is 22.6 Å². The Kier molecular flexibility index (Phi) is 10.7. The molecular weight excluding hydrogens is 653 g/mol. The number of tetrazole rings is 1. The largest absolute Gasteiger partial charge is 1.00 e. The van der Waals surface area contributed by atoms with Gasteiger partial charge in [0.15, 0.2) is 0 Å². The van der Waals surface area contributed by atoms with Crippen LogP contribution in [-0.4, -0.2) is 101 Å². The first-order valence-corrected chi connectivity index (χ1v) is 15.1. The number of benzene rings is 1. The number of primary amides is 1. The van der Waals surface area contributed by atoms with Crippen LogP contribution in [0.25, 0.3) is 0 Å². The second kappa shape index (κ2) is 14.1. The number of aliphatic carboxylic acids is 1. The van der Waals surface area contributed by atoms with Gasteiger partial charge in [-0.1, -0.05) is 23.9 Å². The first-order valence-electron chi connectivity index (χ1n) is 13.1. The number of phenolic OH excluding ortho intramolecular Hbond substituents is 1. The van der Waals surface area contributed by atoms with Gasteiger partial charge in [0, 0.05) is 32.6 Å². The number of urea groups is 1. The van der Waals surface area contributed by atoms with E-state index in [1.807, 2.05) is 0 Å². The van der Waals surface area contributed by atoms with Crippen molar-refractivity contribution in [1.82, 2.24) is 40.4 Å². The van der Waals surface area contributed by atoms with Crippen molar-refractivity contribution in [3.8, 4) is 5.75 Å². The fourth-order valence-corrected chi connectivity index (χ4v) is 7.08. The van der Waals surface area contributed by atoms with Crippen molar-refractivity contribution in [2.24, 2.45) is 12.8 Å². The number of nitrogens with one attached hydrogen (secondary N) is 2. The topological polar surface area (TPSA) is 249 Å². The van der Waals surface area contributed by atoms with Crippen LogP contribution in [-0.2, 0) is 21.4 Å². The number of H-pyrrole nitrogens is 1. The van der Waals surface area contributed by atoms with E-state index in [1.165, 1.54) is 57.4 Å². The summed E-state index contributed by atoms with van der Waals surface area (Å²) in [5.41, 5.74) is 4.82. The fraction of sp³-hybridized carbons (Fsp3) is 0.320. The van der Waals surface area contributed by atoms with Crippen molar-refractivity contribution < 1.29 is 58.9 Å². The van der Waals surface area contributed by atoms with Crippen molar-refractivity contribution >= 4 is 59.0 Å². The number of rotatable bonds is 10. The van der Waals surface area contributed by atoms with Crippen LogP contribution in [0, 0.1) is 0 Å². The molecule has 0 radical (unpaired) electrons. The molecule has 3 atom stereocenters. The molecular formula is C25H26N11NaO7S2. The molecule has 46 heavy (non-hydrogen) atoms. The number of nitrogens with two attached hydrogens (primary N) is 1. The number of carboxylic acid groups (broad SMARTS) is 1. The van der Waals surface area contributed by atoms with Crippen LogP contribution in [0.5, 0.6) is 5.75 Å². The van der Waals surface area contributed by atoms with Gasteiger partial charge in [-0.25, -0.2) is 14.5 Å². The maximum absolute atomic E-state index is 13.9. The third-order valence-electron chi connectivity index (χ3n) is 6.90. The summed E-state index contributed by atoms with van der Waals surface area (Å²) in [5.74, 6) is -2.75. The SMILES string of the molecule is CN(C)c1ncc(N(C(N)=O)C(C(=O)NC2C(=O)N3C(C(=O)[O-])=C(CSc4nnnn4C)CS[C@H]23)c2ccc(O)cc2)c(=O)[nH]1.[Na+]. The normalized spacial score (nSPS) is 17.7. The number of carboxylic acids is 1. The number of hydrogen-bond acceptors (Lipinski definition) is 14. The van der Waals surface area contributed by atoms with Gasteiger partial charge < -0.3 is 31.0 Å². The molecule has 2 aromatic heterocycles. The minimum atomic E-state index is -1.59. The van der Waals surface area contributed by atoms with Crippen LogP contribution < -0.4 is 61.1 Å². The number of hydrogen-bond donors (Lipinski definition) is 4. The van der Waals surface area contributed by atoms with E-state index < -0.39 is 46.8 Å². The van der Waals surface area contributed by atoms with Crippen LogP contribution in [0.1, 0.15) is 11.6 Å². The van der Waals surface area contributed by atoms with E-state index in [9.17, 15) is 34.2 Å². The first-order chi connectivity index (χ1) is 21.4. The molecule has 1 fully saturated rings. The van der Waals surface area contributed by atoms with Crippen LogP contribution in [0.4, 0.5) is 16.4 Å². The number of nitrogens with zero attached hydrogens (tertiary/aromatic N) is 8. The smallest absolute Gasteiger partial charge is 0.543 e. The van der Waals surface area contributed by atoms with Gasteiger partial charge in [-0.05, 0) is 33.7 Å². The van der Waals surface area contributed by atoms with E-state index in [0.717, 1.165) is 16.0 Å². The molecule has 21 heteroatoms. The third-order valence-corrected chi connectivity index (χ3v) is 9.33. The van der Waals surface area contributed by atoms with Crippen LogP contribution in [0.15, 0.2) is 51.7 Å². The molecule has 3 aromatic rings. The molecule has 0 spiro atoms. The standard InChI is InChI=1S/C25H27N11O7S2.Na/c1-33(2)24-27-8-14(18(38)29-24)35(23(26)43)16(11-4-6-13(37)7-5-11)19(39)28-15-20(40)36-17(22(41)42)12(9-44-21(15)36)10-45-25-30-31-32-34(25)3;/h4-8,15-16,21,37H,9-10H2,1-3H3,(H2,26,43)(H,28,39)(H,41,42)(H,27,29,38);/q;+1/p-1/t15?,16?,21-;/m1./s1. The summed E-state index contributed by atoms with van der Waals surface area (Å²) in [5, 5.41) is 35.4. The number of carbonyl (C=O) groups excluding carboxylic acids is 4. The van der Waals surface area contributed by atoms with E-state index in [-0.39, 0.29) is 69.7 Å². The summed E-state index contributed by atoms with van der Waals surface area (Å²) in [4.78, 5) is 75.1. The van der Waals surface area contributed by atoms with Gasteiger partial charge in [-0.2, -0.15) is 0 Å². The van der Waals surface area contributed by atoms with Gasteiger partial charge in [0.1, 0.15) is 28.9 Å². The number of amides is 4. The van der Waals surface area contributed by atoms with Crippen molar-refractivity contribution in [2.75, 3.05) is 35.4 Å². The van der Waals surface area contributed by atoms with Gasteiger partial charge in [-0.3, -0.25) is 29.2 Å². The predicted molar refractivity (Wildman–Crippen MR) is 159 cm³/mol. The number of aromatic nitrogens is 6. The third kappa shape index (κ3) is 6.70. The number of aromatic amines is 1. The minimum absolute atomic E-state index is 0. The Bertz CT molecular complexity index is 1760. The van der Waals surface area contributed by atoms with Gasteiger partial charge in [0.2, 0.25) is 17.0 Å². The van der Waals surface area contributed by atoms with E-state index in [0.29, 0.717) is 10.7 Å². The number of phenols is 1. The summed E-state index contributed by atoms with van der Waals surface area (Å²) < 4.78 is 1.42. The summed E-state index contributed by atoms with van der Waals surface area (Å²) in [7, 11) is 4.90. The zero-order valence-corrected chi connectivity index (χ0v) is 28.5. The molecule has 236 valence electrons. The summed E-state index contributed by atoms with van der Waals surface area (Å²) in [6.45, 7) is 0. The molecule has 0 aliphatic carbocycles. The molecule has 2 aliphatic rings. The van der Waals surface area contributed by atoms with Gasteiger partial charge in [-0.15, -0.1) is 16.9 Å². The number of aryl methyl sites for hydroxylation is 1. The molecule has 5 rings (SSSR count). The van der Waals surface area contributed by atoms with Crippen molar-refractivity contribution in [1.29, 1.82) is 0 Å². The Morgan fingerprint density at radius 1 is 1.26 bits per heavy atom. The molecule has 18 nitrogen and oxygen atoms in total. The van der Waals surface area contributed by atoms with Gasteiger partial charge >= 0.3 is 35.6 Å². The fourth-order valence-electron chi connectivity index (χ4n) is 4.75. The quantitative estimate of drug-likeness (QED) is 0.0890. The van der Waals surface area contributed by atoms with Crippen LogP contribution in [0.2, 0.25) is 0 Å². The minimum Gasteiger partial charge on any atom is -0.543 e. The van der Waals surface area contributed by atoms with Gasteiger partial charge in [0.05, 0.1) is 17.9 Å². The van der Waals surface area contributed by atoms with Crippen LogP contribution >= 0.6 is 23.5 Å². The van der Waals surface area contributed by atoms with Crippen molar-refractivity contribution in [3.63, 3.8) is 0 Å². The predicted octanol–water partition coefficient (Wildman–Crippen LogP) is -5.11. The average Bonchev–Trinajstić information content (AvgIpc) is 3.41. The summed E-state index contributed by atoms with van der Waals surface area (Å²) in [6.07, 6.45) is 1.08. The molecule has 2 unspecified atom stereocenters. The summed E-state index contributed by atoms with van der Waals surface area (Å²) in [6, 6.07) is 1.29. The Morgan fingerprint density at radius 3 is 2.52 bits per heavy atom. The zero-order chi connectivity index (χ0) is 32.6. The van der Waals surface area contributed by atoms with E-state index >= 15 is 0 Å². The van der Waals surface area contributed by atoms with Crippen LogP contribution in [0.3, 0.4) is 0 Å². The summed E-state index contributed by atoms with van der Waals surface area (Å²) >= 11 is 2.41. The van der Waals surface area contributed by atoms with Crippen molar-refractivity contribution in [3.05, 3.63) is 57.6 Å². The second-order valence-corrected chi connectivity index (χ2v) is 12.1. The second-order valence-electron chi connectivity index (χ2n) is 10.0. The number of thioether (sulfide) groups is 2. The molecule has 5 N–H and O–H groups in total. The Hall–Kier alpha value is -4.11. The average molecular weight is 680 g/mol. The first kappa shape index (κ1) is 34.8. The maximum atomic E-state index is 13.9. The Labute approximate surface area is 291 Å². The molecule has 4 heterocycles. The molecule has 1 aromatic carbocycles. The van der Waals surface area contributed by atoms with E-state index in [4.69, 9.17) is 5.73 Å². The maximum Gasteiger partial charge on any atom is 1.00 e. The number of β-lactam (4-membered cyclic amide) rings is 1. The molecule has 1 saturated heterocycles. The monoisotopic (exact) mass is 679 g/mol. The molecule has 4 amide bonds. The zero-order valence-electron chi connectivity index (χ0n) is 24.9. The number of anilines is 2. The Morgan fingerprint density at radius 2 is 1.96 bits per heavy atom. The number of fused-ring (bicyclic) bond motifs is 1. The number of aromatic hydroxyl groups is 1. The molecule has 0 bridgehead atoms. The van der Waals surface area contributed by atoms with E-state index in [2.05, 4.69) is 30.8 Å². The molecule has 0 saturated carbocycles. The molecule has 2 aliphatic heterocycles.